The summed E-state index contributed by atoms with van der Waals surface area (Å²) in [7, 11) is 0. The standard InChI is InChI=1S/C14H10Cl2O2/c1-8-6-9(2-4-12(8)15)10-3-5-13(16)11(7-10)14(17)18/h2-7H,1H3,(H,17,18). The van der Waals surface area contributed by atoms with Crippen molar-refractivity contribution in [2.24, 2.45) is 0 Å². The molecule has 0 fully saturated rings. The normalized spacial score (nSPS) is 10.4. The molecule has 2 aromatic rings. The predicted molar refractivity (Wildman–Crippen MR) is 73.6 cm³/mol. The fourth-order valence-corrected chi connectivity index (χ4v) is 2.01. The number of carbonyl (C=O) groups is 1. The lowest BCUT2D eigenvalue weighted by molar-refractivity contribution is 0.0697. The van der Waals surface area contributed by atoms with Crippen LogP contribution in [0.4, 0.5) is 0 Å². The lowest BCUT2D eigenvalue weighted by atomic mass is 10.0. The molecule has 0 amide bonds. The van der Waals surface area contributed by atoms with Gasteiger partial charge in [0, 0.05) is 5.02 Å². The van der Waals surface area contributed by atoms with E-state index in [2.05, 4.69) is 0 Å². The third kappa shape index (κ3) is 2.50. The summed E-state index contributed by atoms with van der Waals surface area (Å²) in [5.41, 5.74) is 2.76. The summed E-state index contributed by atoms with van der Waals surface area (Å²) >= 11 is 11.8. The molecule has 0 saturated carbocycles. The van der Waals surface area contributed by atoms with Crippen molar-refractivity contribution >= 4 is 29.2 Å². The largest absolute Gasteiger partial charge is 0.478 e. The van der Waals surface area contributed by atoms with Gasteiger partial charge in [0.05, 0.1) is 10.6 Å². The maximum absolute atomic E-state index is 11.0. The van der Waals surface area contributed by atoms with Crippen LogP contribution in [0.5, 0.6) is 0 Å². The Kier molecular flexibility index (Phi) is 3.60. The van der Waals surface area contributed by atoms with Gasteiger partial charge in [0.2, 0.25) is 0 Å². The molecule has 0 aliphatic heterocycles. The summed E-state index contributed by atoms with van der Waals surface area (Å²) in [6.07, 6.45) is 0. The van der Waals surface area contributed by atoms with Crippen LogP contribution in [-0.2, 0) is 0 Å². The number of rotatable bonds is 2. The minimum absolute atomic E-state index is 0.0989. The number of hydrogen-bond donors (Lipinski definition) is 1. The zero-order valence-electron chi connectivity index (χ0n) is 9.58. The molecular formula is C14H10Cl2O2. The molecule has 0 unspecified atom stereocenters. The van der Waals surface area contributed by atoms with E-state index in [4.69, 9.17) is 28.3 Å². The molecular weight excluding hydrogens is 271 g/mol. The summed E-state index contributed by atoms with van der Waals surface area (Å²) in [5.74, 6) is -1.03. The van der Waals surface area contributed by atoms with Gasteiger partial charge in [-0.05, 0) is 47.9 Å². The SMILES string of the molecule is Cc1cc(-c2ccc(Cl)c(C(=O)O)c2)ccc1Cl. The lowest BCUT2D eigenvalue weighted by Crippen LogP contribution is -1.97. The van der Waals surface area contributed by atoms with Crippen molar-refractivity contribution in [2.45, 2.75) is 6.92 Å². The van der Waals surface area contributed by atoms with Crippen molar-refractivity contribution in [3.8, 4) is 11.1 Å². The van der Waals surface area contributed by atoms with E-state index in [1.807, 2.05) is 19.1 Å². The van der Waals surface area contributed by atoms with E-state index in [0.717, 1.165) is 16.7 Å². The van der Waals surface area contributed by atoms with Crippen LogP contribution in [0.15, 0.2) is 36.4 Å². The number of carboxylic acid groups (broad SMARTS) is 1. The molecule has 2 nitrogen and oxygen atoms in total. The monoisotopic (exact) mass is 280 g/mol. The number of aromatic carboxylic acids is 1. The molecule has 0 saturated heterocycles. The van der Waals surface area contributed by atoms with Crippen LogP contribution in [0.25, 0.3) is 11.1 Å². The third-order valence-corrected chi connectivity index (χ3v) is 3.44. The smallest absolute Gasteiger partial charge is 0.337 e. The van der Waals surface area contributed by atoms with Crippen LogP contribution in [0, 0.1) is 6.92 Å². The molecule has 2 rings (SSSR count). The van der Waals surface area contributed by atoms with Crippen LogP contribution in [-0.4, -0.2) is 11.1 Å². The minimum Gasteiger partial charge on any atom is -0.478 e. The molecule has 0 aliphatic carbocycles. The Labute approximate surface area is 115 Å². The van der Waals surface area contributed by atoms with E-state index in [0.29, 0.717) is 5.02 Å². The fourth-order valence-electron chi connectivity index (χ4n) is 1.69. The van der Waals surface area contributed by atoms with Gasteiger partial charge >= 0.3 is 5.97 Å². The fraction of sp³-hybridized carbons (Fsp3) is 0.0714. The number of carboxylic acids is 1. The molecule has 0 atom stereocenters. The Balaban J connectivity index is 2.54. The lowest BCUT2D eigenvalue weighted by Gasteiger charge is -2.06. The Morgan fingerprint density at radius 1 is 1.00 bits per heavy atom. The molecule has 0 heterocycles. The predicted octanol–water partition coefficient (Wildman–Crippen LogP) is 4.67. The van der Waals surface area contributed by atoms with Crippen molar-refractivity contribution < 1.29 is 9.90 Å². The van der Waals surface area contributed by atoms with Crippen LogP contribution in [0.1, 0.15) is 15.9 Å². The average molecular weight is 281 g/mol. The van der Waals surface area contributed by atoms with E-state index in [1.165, 1.54) is 0 Å². The highest BCUT2D eigenvalue weighted by Crippen LogP contribution is 2.28. The minimum atomic E-state index is -1.03. The van der Waals surface area contributed by atoms with Gasteiger partial charge in [-0.1, -0.05) is 35.3 Å². The van der Waals surface area contributed by atoms with E-state index >= 15 is 0 Å². The van der Waals surface area contributed by atoms with Gasteiger partial charge in [-0.2, -0.15) is 0 Å². The first-order chi connectivity index (χ1) is 8.49. The quantitative estimate of drug-likeness (QED) is 0.868. The second-order valence-corrected chi connectivity index (χ2v) is 4.78. The number of halogens is 2. The van der Waals surface area contributed by atoms with Crippen molar-refractivity contribution in [2.75, 3.05) is 0 Å². The molecule has 2 aromatic carbocycles. The molecule has 0 aromatic heterocycles. The van der Waals surface area contributed by atoms with Gasteiger partial charge in [-0.15, -0.1) is 0 Å². The van der Waals surface area contributed by atoms with Crippen LogP contribution in [0.3, 0.4) is 0 Å². The first-order valence-corrected chi connectivity index (χ1v) is 6.04. The highest BCUT2D eigenvalue weighted by molar-refractivity contribution is 6.33. The van der Waals surface area contributed by atoms with Crippen molar-refractivity contribution in [3.63, 3.8) is 0 Å². The van der Waals surface area contributed by atoms with Crippen molar-refractivity contribution in [3.05, 3.63) is 57.6 Å². The van der Waals surface area contributed by atoms with Crippen LogP contribution in [0.2, 0.25) is 10.0 Å². The summed E-state index contributed by atoms with van der Waals surface area (Å²) in [5, 5.41) is 9.95. The van der Waals surface area contributed by atoms with Gasteiger partial charge in [-0.3, -0.25) is 0 Å². The average Bonchev–Trinajstić information content (AvgIpc) is 2.33. The molecule has 0 bridgehead atoms. The molecule has 0 spiro atoms. The van der Waals surface area contributed by atoms with Crippen molar-refractivity contribution in [1.29, 1.82) is 0 Å². The molecule has 0 aliphatic rings. The topological polar surface area (TPSA) is 37.3 Å². The Morgan fingerprint density at radius 2 is 1.56 bits per heavy atom. The van der Waals surface area contributed by atoms with E-state index in [9.17, 15) is 4.79 Å². The van der Waals surface area contributed by atoms with Gasteiger partial charge in [0.15, 0.2) is 0 Å². The highest BCUT2D eigenvalue weighted by Gasteiger charge is 2.10. The van der Waals surface area contributed by atoms with Gasteiger partial charge < -0.3 is 5.11 Å². The van der Waals surface area contributed by atoms with Crippen LogP contribution >= 0.6 is 23.2 Å². The number of benzene rings is 2. The Bertz CT molecular complexity index is 621. The summed E-state index contributed by atoms with van der Waals surface area (Å²) in [6, 6.07) is 10.5. The summed E-state index contributed by atoms with van der Waals surface area (Å²) < 4.78 is 0. The third-order valence-electron chi connectivity index (χ3n) is 2.69. The summed E-state index contributed by atoms with van der Waals surface area (Å²) in [4.78, 5) is 11.0. The Morgan fingerprint density at radius 3 is 2.11 bits per heavy atom. The van der Waals surface area contributed by atoms with E-state index in [1.54, 1.807) is 24.3 Å². The first kappa shape index (κ1) is 12.9. The summed E-state index contributed by atoms with van der Waals surface area (Å²) in [6.45, 7) is 1.90. The maximum atomic E-state index is 11.0. The molecule has 4 heteroatoms. The molecule has 0 radical (unpaired) electrons. The van der Waals surface area contributed by atoms with Gasteiger partial charge in [-0.25, -0.2) is 4.79 Å². The van der Waals surface area contributed by atoms with E-state index < -0.39 is 5.97 Å². The molecule has 92 valence electrons. The van der Waals surface area contributed by atoms with Crippen LogP contribution < -0.4 is 0 Å². The molecule has 1 N–H and O–H groups in total. The second-order valence-electron chi connectivity index (χ2n) is 3.96. The van der Waals surface area contributed by atoms with Gasteiger partial charge in [0.25, 0.3) is 0 Å². The first-order valence-electron chi connectivity index (χ1n) is 5.28. The van der Waals surface area contributed by atoms with Crippen molar-refractivity contribution in [1.82, 2.24) is 0 Å². The second kappa shape index (κ2) is 5.01. The zero-order chi connectivity index (χ0) is 13.3. The number of aryl methyl sites for hydroxylation is 1. The van der Waals surface area contributed by atoms with Gasteiger partial charge in [0.1, 0.15) is 0 Å². The Hall–Kier alpha value is -1.51. The molecule has 18 heavy (non-hydrogen) atoms. The highest BCUT2D eigenvalue weighted by atomic mass is 35.5. The van der Waals surface area contributed by atoms with E-state index in [-0.39, 0.29) is 10.6 Å². The maximum Gasteiger partial charge on any atom is 0.337 e. The zero-order valence-corrected chi connectivity index (χ0v) is 11.1. The number of hydrogen-bond acceptors (Lipinski definition) is 1.